The Labute approximate surface area is 85.1 Å². The van der Waals surface area contributed by atoms with Gasteiger partial charge in [-0.15, -0.1) is 0 Å². The maximum Gasteiger partial charge on any atom is 0.0488 e. The highest BCUT2D eigenvalue weighted by atomic mass is 14.7. The zero-order chi connectivity index (χ0) is 10.3. The van der Waals surface area contributed by atoms with Gasteiger partial charge in [0.15, 0.2) is 0 Å². The van der Waals surface area contributed by atoms with Crippen molar-refractivity contribution in [3.63, 3.8) is 0 Å². The first-order chi connectivity index (χ1) is 6.59. The smallest absolute Gasteiger partial charge is 0.0488 e. The quantitative estimate of drug-likeness (QED) is 0.696. The van der Waals surface area contributed by atoms with Crippen LogP contribution in [0.25, 0.3) is 10.9 Å². The van der Waals surface area contributed by atoms with E-state index in [-0.39, 0.29) is 0 Å². The number of aromatic amines is 1. The van der Waals surface area contributed by atoms with Crippen LogP contribution >= 0.6 is 0 Å². The van der Waals surface area contributed by atoms with Gasteiger partial charge in [0.1, 0.15) is 0 Å². The van der Waals surface area contributed by atoms with Crippen LogP contribution < -0.4 is 0 Å². The molecule has 14 heavy (non-hydrogen) atoms. The van der Waals surface area contributed by atoms with Gasteiger partial charge in [-0.2, -0.15) is 0 Å². The molecule has 0 aliphatic rings. The normalized spacial score (nSPS) is 11.5. The monoisotopic (exact) mass is 187 g/mol. The van der Waals surface area contributed by atoms with E-state index in [9.17, 15) is 0 Å². The molecule has 1 nitrogen and oxygen atoms in total. The minimum Gasteiger partial charge on any atom is -0.358 e. The van der Waals surface area contributed by atoms with Gasteiger partial charge < -0.3 is 4.98 Å². The van der Waals surface area contributed by atoms with Gasteiger partial charge in [0.2, 0.25) is 0 Å². The molecule has 0 saturated carbocycles. The summed E-state index contributed by atoms with van der Waals surface area (Å²) in [6.45, 7) is 8.77. The third-order valence-electron chi connectivity index (χ3n) is 2.97. The molecule has 0 atom stereocenters. The molecule has 0 aliphatic heterocycles. The van der Waals surface area contributed by atoms with E-state index < -0.39 is 0 Å². The van der Waals surface area contributed by atoms with E-state index in [0.717, 1.165) is 0 Å². The number of H-pyrrole nitrogens is 1. The van der Waals surface area contributed by atoms with Crippen LogP contribution in [-0.2, 0) is 0 Å². The zero-order valence-electron chi connectivity index (χ0n) is 9.31. The maximum absolute atomic E-state index is 3.50. The van der Waals surface area contributed by atoms with Crippen molar-refractivity contribution in [2.45, 2.75) is 33.6 Å². The van der Waals surface area contributed by atoms with Crippen LogP contribution in [0, 0.1) is 13.8 Å². The lowest BCUT2D eigenvalue weighted by Gasteiger charge is -2.01. The van der Waals surface area contributed by atoms with Gasteiger partial charge in [-0.1, -0.05) is 26.0 Å². The second-order valence-electron chi connectivity index (χ2n) is 4.35. The first-order valence-corrected chi connectivity index (χ1v) is 5.18. The van der Waals surface area contributed by atoms with Crippen LogP contribution in [0.4, 0.5) is 0 Å². The minimum atomic E-state index is 0.571. The van der Waals surface area contributed by atoms with Crippen molar-refractivity contribution < 1.29 is 0 Å². The average Bonchev–Trinajstić information content (AvgIpc) is 2.56. The van der Waals surface area contributed by atoms with Crippen LogP contribution in [0.2, 0.25) is 0 Å². The molecular formula is C13H17N. The van der Waals surface area contributed by atoms with Crippen LogP contribution in [0.1, 0.15) is 36.6 Å². The van der Waals surface area contributed by atoms with E-state index in [1.165, 1.54) is 27.7 Å². The van der Waals surface area contributed by atoms with Gasteiger partial charge in [0.05, 0.1) is 0 Å². The van der Waals surface area contributed by atoms with Crippen LogP contribution in [0.15, 0.2) is 18.2 Å². The largest absolute Gasteiger partial charge is 0.358 e. The van der Waals surface area contributed by atoms with E-state index in [4.69, 9.17) is 0 Å². The number of nitrogens with one attached hydrogen (secondary N) is 1. The summed E-state index contributed by atoms with van der Waals surface area (Å²) in [5, 5.41) is 1.33. The lowest BCUT2D eigenvalue weighted by atomic mass is 10.1. The molecule has 1 N–H and O–H groups in total. The topological polar surface area (TPSA) is 15.8 Å². The van der Waals surface area contributed by atoms with Crippen LogP contribution in [0.3, 0.4) is 0 Å². The summed E-state index contributed by atoms with van der Waals surface area (Å²) in [5.74, 6) is 0.571. The molecule has 0 bridgehead atoms. The summed E-state index contributed by atoms with van der Waals surface area (Å²) >= 11 is 0. The summed E-state index contributed by atoms with van der Waals surface area (Å²) in [4.78, 5) is 3.50. The van der Waals surface area contributed by atoms with Crippen molar-refractivity contribution in [1.82, 2.24) is 4.98 Å². The van der Waals surface area contributed by atoms with Crippen molar-refractivity contribution in [3.05, 3.63) is 35.0 Å². The van der Waals surface area contributed by atoms with Crippen LogP contribution in [0.5, 0.6) is 0 Å². The fourth-order valence-corrected chi connectivity index (χ4v) is 1.78. The molecule has 1 aromatic carbocycles. The Kier molecular flexibility index (Phi) is 2.10. The Morgan fingerprint density at radius 3 is 2.50 bits per heavy atom. The third kappa shape index (κ3) is 1.33. The number of rotatable bonds is 1. The van der Waals surface area contributed by atoms with Gasteiger partial charge in [-0.05, 0) is 42.3 Å². The van der Waals surface area contributed by atoms with Crippen molar-refractivity contribution >= 4 is 10.9 Å². The van der Waals surface area contributed by atoms with E-state index in [1.807, 2.05) is 0 Å². The molecule has 74 valence electrons. The average molecular weight is 187 g/mol. The fourth-order valence-electron chi connectivity index (χ4n) is 1.78. The number of aryl methyl sites for hydroxylation is 2. The summed E-state index contributed by atoms with van der Waals surface area (Å²) in [7, 11) is 0. The molecular weight excluding hydrogens is 170 g/mol. The second-order valence-corrected chi connectivity index (χ2v) is 4.35. The van der Waals surface area contributed by atoms with Gasteiger partial charge in [-0.3, -0.25) is 0 Å². The van der Waals surface area contributed by atoms with E-state index in [0.29, 0.717) is 5.92 Å². The molecule has 2 aromatic rings. The highest BCUT2D eigenvalue weighted by Gasteiger charge is 2.06. The van der Waals surface area contributed by atoms with Crippen LogP contribution in [-0.4, -0.2) is 4.98 Å². The van der Waals surface area contributed by atoms with Crippen molar-refractivity contribution in [2.24, 2.45) is 0 Å². The van der Waals surface area contributed by atoms with E-state index >= 15 is 0 Å². The molecule has 0 amide bonds. The Balaban J connectivity index is 2.71. The number of aromatic nitrogens is 1. The van der Waals surface area contributed by atoms with Gasteiger partial charge >= 0.3 is 0 Å². The molecule has 0 aliphatic carbocycles. The SMILES string of the molecule is Cc1ccc2cc(C(C)C)[nH]c2c1C. The summed E-state index contributed by atoms with van der Waals surface area (Å²) in [6.07, 6.45) is 0. The first kappa shape index (κ1) is 9.32. The Bertz CT molecular complexity index is 463. The summed E-state index contributed by atoms with van der Waals surface area (Å²) in [6, 6.07) is 6.64. The maximum atomic E-state index is 3.50. The first-order valence-electron chi connectivity index (χ1n) is 5.18. The zero-order valence-corrected chi connectivity index (χ0v) is 9.31. The Hall–Kier alpha value is -1.24. The predicted molar refractivity (Wildman–Crippen MR) is 61.9 cm³/mol. The molecule has 0 unspecified atom stereocenters. The molecule has 0 spiro atoms. The van der Waals surface area contributed by atoms with Crippen molar-refractivity contribution in [2.75, 3.05) is 0 Å². The number of hydrogen-bond acceptors (Lipinski definition) is 0. The molecule has 1 heterocycles. The molecule has 1 heteroatoms. The highest BCUT2D eigenvalue weighted by Crippen LogP contribution is 2.25. The summed E-state index contributed by atoms with van der Waals surface area (Å²) < 4.78 is 0. The molecule has 2 rings (SSSR count). The highest BCUT2D eigenvalue weighted by molar-refractivity contribution is 5.84. The fraction of sp³-hybridized carbons (Fsp3) is 0.385. The van der Waals surface area contributed by atoms with Gasteiger partial charge in [0.25, 0.3) is 0 Å². The molecule has 1 aromatic heterocycles. The van der Waals surface area contributed by atoms with Crippen molar-refractivity contribution in [1.29, 1.82) is 0 Å². The minimum absolute atomic E-state index is 0.571. The van der Waals surface area contributed by atoms with E-state index in [1.54, 1.807) is 0 Å². The summed E-state index contributed by atoms with van der Waals surface area (Å²) in [5.41, 5.74) is 5.35. The Morgan fingerprint density at radius 1 is 1.14 bits per heavy atom. The predicted octanol–water partition coefficient (Wildman–Crippen LogP) is 3.91. The molecule has 0 saturated heterocycles. The number of hydrogen-bond donors (Lipinski definition) is 1. The van der Waals surface area contributed by atoms with Gasteiger partial charge in [-0.25, -0.2) is 0 Å². The standard InChI is InChI=1S/C13H17N/c1-8(2)12-7-11-6-5-9(3)10(4)13(11)14-12/h5-8,14H,1-4H3. The number of fused-ring (bicyclic) bond motifs is 1. The molecule has 0 fully saturated rings. The number of benzene rings is 1. The van der Waals surface area contributed by atoms with Gasteiger partial charge in [0, 0.05) is 11.2 Å². The lowest BCUT2D eigenvalue weighted by Crippen LogP contribution is -1.86. The lowest BCUT2D eigenvalue weighted by molar-refractivity contribution is 0.836. The Morgan fingerprint density at radius 2 is 1.86 bits per heavy atom. The third-order valence-corrected chi connectivity index (χ3v) is 2.97. The van der Waals surface area contributed by atoms with E-state index in [2.05, 4.69) is 50.9 Å². The molecule has 0 radical (unpaired) electrons. The van der Waals surface area contributed by atoms with Crippen molar-refractivity contribution in [3.8, 4) is 0 Å². The second kappa shape index (κ2) is 3.16.